The number of nitrogens with one attached hydrogen (secondary N) is 1. The zero-order valence-corrected chi connectivity index (χ0v) is 18.9. The van der Waals surface area contributed by atoms with Gasteiger partial charge in [-0.3, -0.25) is 9.69 Å². The number of halogens is 2. The van der Waals surface area contributed by atoms with E-state index in [1.54, 1.807) is 0 Å². The van der Waals surface area contributed by atoms with E-state index in [1.807, 2.05) is 12.1 Å². The topological polar surface area (TPSA) is 67.6 Å². The van der Waals surface area contributed by atoms with E-state index < -0.39 is 0 Å². The van der Waals surface area contributed by atoms with E-state index >= 15 is 0 Å². The Kier molecular flexibility index (Phi) is 9.23. The van der Waals surface area contributed by atoms with Gasteiger partial charge in [0.25, 0.3) is 0 Å². The van der Waals surface area contributed by atoms with Crippen molar-refractivity contribution in [3.63, 3.8) is 0 Å². The van der Waals surface area contributed by atoms with Gasteiger partial charge >= 0.3 is 0 Å². The van der Waals surface area contributed by atoms with Crippen molar-refractivity contribution in [2.24, 2.45) is 23.5 Å². The first kappa shape index (κ1) is 24.4. The Hall–Kier alpha value is -0.850. The van der Waals surface area contributed by atoms with Gasteiger partial charge in [-0.1, -0.05) is 18.6 Å². The summed E-state index contributed by atoms with van der Waals surface area (Å²) in [6.45, 7) is 5.75. The number of amides is 1. The summed E-state index contributed by atoms with van der Waals surface area (Å²) in [5.74, 6) is 1.34. The molecule has 1 aliphatic heterocycles. The van der Waals surface area contributed by atoms with Crippen LogP contribution in [-0.4, -0.2) is 43.2 Å². The van der Waals surface area contributed by atoms with Gasteiger partial charge in [0.05, 0.1) is 13.2 Å². The zero-order valence-electron chi connectivity index (χ0n) is 17.2. The molecule has 2 aliphatic carbocycles. The summed E-state index contributed by atoms with van der Waals surface area (Å²) in [7, 11) is 0. The van der Waals surface area contributed by atoms with Gasteiger partial charge in [0.1, 0.15) is 0 Å². The van der Waals surface area contributed by atoms with Crippen molar-refractivity contribution in [2.75, 3.05) is 31.6 Å². The molecule has 3 aliphatic rings. The summed E-state index contributed by atoms with van der Waals surface area (Å²) in [6.07, 6.45) is 5.56. The van der Waals surface area contributed by atoms with Crippen molar-refractivity contribution >= 4 is 36.4 Å². The standard InChI is InChI=1S/C22H33N3O2.2ClH/c1-15(25-8-10-27-11-9-25)16-4-3-7-20(14-16)24-22(26)19-12-17-5-2-6-18(13-19)21(17)23;;/h3-4,7,14-15,17-19,21H,2,5-6,8-13,23H2,1H3,(H,24,26);2*1H. The molecule has 1 aromatic rings. The number of anilines is 1. The minimum atomic E-state index is 0. The Morgan fingerprint density at radius 3 is 2.48 bits per heavy atom. The largest absolute Gasteiger partial charge is 0.379 e. The molecule has 3 atom stereocenters. The molecule has 1 aromatic carbocycles. The second-order valence-corrected chi connectivity index (χ2v) is 8.64. The maximum Gasteiger partial charge on any atom is 0.227 e. The van der Waals surface area contributed by atoms with Crippen molar-refractivity contribution < 1.29 is 9.53 Å². The number of hydrogen-bond donors (Lipinski definition) is 2. The molecule has 7 heteroatoms. The zero-order chi connectivity index (χ0) is 18.8. The fourth-order valence-electron chi connectivity index (χ4n) is 5.30. The molecule has 1 heterocycles. The third kappa shape index (κ3) is 5.65. The van der Waals surface area contributed by atoms with E-state index in [-0.39, 0.29) is 36.6 Å². The summed E-state index contributed by atoms with van der Waals surface area (Å²) in [4.78, 5) is 15.3. The lowest BCUT2D eigenvalue weighted by Gasteiger charge is -2.43. The van der Waals surface area contributed by atoms with Crippen LogP contribution in [-0.2, 0) is 9.53 Å². The smallest absolute Gasteiger partial charge is 0.227 e. The number of morpholine rings is 1. The quantitative estimate of drug-likeness (QED) is 0.736. The summed E-state index contributed by atoms with van der Waals surface area (Å²) in [5, 5.41) is 3.19. The number of ether oxygens (including phenoxy) is 1. The summed E-state index contributed by atoms with van der Waals surface area (Å²) >= 11 is 0. The number of carbonyl (C=O) groups is 1. The highest BCUT2D eigenvalue weighted by Gasteiger charge is 2.40. The molecule has 2 saturated carbocycles. The maximum absolute atomic E-state index is 12.9. The second kappa shape index (κ2) is 11.0. The van der Waals surface area contributed by atoms with Crippen LogP contribution in [0.3, 0.4) is 0 Å². The van der Waals surface area contributed by atoms with E-state index in [9.17, 15) is 4.79 Å². The third-order valence-corrected chi connectivity index (χ3v) is 7.01. The number of carbonyl (C=O) groups excluding carboxylic acids is 1. The van der Waals surface area contributed by atoms with Gasteiger partial charge in [-0.2, -0.15) is 0 Å². The molecule has 5 nitrogen and oxygen atoms in total. The number of nitrogens with zero attached hydrogens (tertiary/aromatic N) is 1. The Morgan fingerprint density at radius 2 is 1.83 bits per heavy atom. The van der Waals surface area contributed by atoms with Gasteiger partial charge in [0.2, 0.25) is 5.91 Å². The van der Waals surface area contributed by atoms with Crippen LogP contribution in [0, 0.1) is 17.8 Å². The minimum Gasteiger partial charge on any atom is -0.379 e. The van der Waals surface area contributed by atoms with Gasteiger partial charge in [0, 0.05) is 36.8 Å². The van der Waals surface area contributed by atoms with E-state index in [2.05, 4.69) is 29.3 Å². The third-order valence-electron chi connectivity index (χ3n) is 7.01. The molecule has 0 aromatic heterocycles. The van der Waals surface area contributed by atoms with Crippen LogP contribution in [0.25, 0.3) is 0 Å². The van der Waals surface area contributed by atoms with Gasteiger partial charge in [-0.15, -0.1) is 24.8 Å². The first-order valence-corrected chi connectivity index (χ1v) is 10.6. The Morgan fingerprint density at radius 1 is 1.17 bits per heavy atom. The number of fused-ring (bicyclic) bond motifs is 2. The number of nitrogens with two attached hydrogens (primary N) is 1. The molecule has 0 radical (unpaired) electrons. The Labute approximate surface area is 186 Å². The van der Waals surface area contributed by atoms with Crippen molar-refractivity contribution in [1.29, 1.82) is 0 Å². The average Bonchev–Trinajstić information content (AvgIpc) is 2.68. The van der Waals surface area contributed by atoms with E-state index in [4.69, 9.17) is 10.5 Å². The molecule has 29 heavy (non-hydrogen) atoms. The molecule has 3 N–H and O–H groups in total. The van der Waals surface area contributed by atoms with Crippen molar-refractivity contribution in [3.05, 3.63) is 29.8 Å². The van der Waals surface area contributed by atoms with Gasteiger partial charge in [-0.05, 0) is 62.1 Å². The lowest BCUT2D eigenvalue weighted by Crippen LogP contribution is -2.48. The fraction of sp³-hybridized carbons (Fsp3) is 0.682. The monoisotopic (exact) mass is 443 g/mol. The number of hydrogen-bond acceptors (Lipinski definition) is 4. The predicted molar refractivity (Wildman–Crippen MR) is 122 cm³/mol. The number of rotatable bonds is 4. The van der Waals surface area contributed by atoms with Crippen LogP contribution >= 0.6 is 24.8 Å². The van der Waals surface area contributed by atoms with Crippen LogP contribution in [0.4, 0.5) is 5.69 Å². The van der Waals surface area contributed by atoms with E-state index in [0.29, 0.717) is 23.9 Å². The highest BCUT2D eigenvalue weighted by Crippen LogP contribution is 2.42. The van der Waals surface area contributed by atoms with Crippen LogP contribution in [0.5, 0.6) is 0 Å². The van der Waals surface area contributed by atoms with Crippen molar-refractivity contribution in [2.45, 2.75) is 51.1 Å². The van der Waals surface area contributed by atoms with Gasteiger partial charge < -0.3 is 15.8 Å². The van der Waals surface area contributed by atoms with Crippen LogP contribution in [0.15, 0.2) is 24.3 Å². The summed E-state index contributed by atoms with van der Waals surface area (Å²) < 4.78 is 5.46. The van der Waals surface area contributed by atoms with Crippen molar-refractivity contribution in [3.8, 4) is 0 Å². The molecule has 4 rings (SSSR count). The highest BCUT2D eigenvalue weighted by atomic mass is 35.5. The van der Waals surface area contributed by atoms with E-state index in [0.717, 1.165) is 44.8 Å². The summed E-state index contributed by atoms with van der Waals surface area (Å²) in [6, 6.07) is 8.97. The van der Waals surface area contributed by atoms with Gasteiger partial charge in [-0.25, -0.2) is 0 Å². The predicted octanol–water partition coefficient (Wildman–Crippen LogP) is 4.02. The Balaban J connectivity index is 0.00000150. The Bertz CT molecular complexity index is 655. The second-order valence-electron chi connectivity index (χ2n) is 8.64. The fourth-order valence-corrected chi connectivity index (χ4v) is 5.30. The molecular formula is C22H35Cl2N3O2. The van der Waals surface area contributed by atoms with Gasteiger partial charge in [0.15, 0.2) is 0 Å². The average molecular weight is 444 g/mol. The van der Waals surface area contributed by atoms with Crippen LogP contribution in [0.2, 0.25) is 0 Å². The van der Waals surface area contributed by atoms with Crippen LogP contribution < -0.4 is 11.1 Å². The van der Waals surface area contributed by atoms with E-state index in [1.165, 1.54) is 24.8 Å². The lowest BCUT2D eigenvalue weighted by atomic mass is 9.65. The molecule has 0 spiro atoms. The lowest BCUT2D eigenvalue weighted by molar-refractivity contribution is -0.122. The maximum atomic E-state index is 12.9. The molecule has 1 amide bonds. The number of benzene rings is 1. The van der Waals surface area contributed by atoms with Crippen molar-refractivity contribution in [1.82, 2.24) is 4.90 Å². The molecular weight excluding hydrogens is 409 g/mol. The molecule has 3 fully saturated rings. The molecule has 1 saturated heterocycles. The summed E-state index contributed by atoms with van der Waals surface area (Å²) in [5.41, 5.74) is 8.54. The molecule has 2 bridgehead atoms. The van der Waals surface area contributed by atoms with Crippen LogP contribution in [0.1, 0.15) is 50.6 Å². The minimum absolute atomic E-state index is 0. The molecule has 3 unspecified atom stereocenters. The highest BCUT2D eigenvalue weighted by molar-refractivity contribution is 5.92. The first-order valence-electron chi connectivity index (χ1n) is 10.6. The normalized spacial score (nSPS) is 30.4. The molecule has 164 valence electrons. The SMILES string of the molecule is CC(c1cccc(NC(=O)C2CC3CCCC(C2)C3N)c1)N1CCOCC1.Cl.Cl. The first-order chi connectivity index (χ1) is 13.1.